The van der Waals surface area contributed by atoms with Gasteiger partial charge in [0.05, 0.1) is 23.3 Å². The van der Waals surface area contributed by atoms with Gasteiger partial charge in [-0.1, -0.05) is 11.6 Å². The van der Waals surface area contributed by atoms with Gasteiger partial charge in [-0.2, -0.15) is 0 Å². The summed E-state index contributed by atoms with van der Waals surface area (Å²) in [6, 6.07) is 10.9. The summed E-state index contributed by atoms with van der Waals surface area (Å²) in [6.45, 7) is 4.97. The van der Waals surface area contributed by atoms with Crippen LogP contribution in [0.1, 0.15) is 44.9 Å². The van der Waals surface area contributed by atoms with Gasteiger partial charge in [0.1, 0.15) is 0 Å². The summed E-state index contributed by atoms with van der Waals surface area (Å²) in [5.41, 5.74) is 1.59. The number of halogens is 1. The number of hydrogen-bond donors (Lipinski definition) is 1. The first-order valence-electron chi connectivity index (χ1n) is 8.49. The molecule has 7 heteroatoms. The van der Waals surface area contributed by atoms with Gasteiger partial charge in [0.25, 0.3) is 11.8 Å². The fraction of sp³-hybridized carbons (Fsp3) is 0.250. The molecule has 0 radical (unpaired) electrons. The van der Waals surface area contributed by atoms with Gasteiger partial charge < -0.3 is 15.0 Å². The van der Waals surface area contributed by atoms with E-state index in [1.165, 1.54) is 31.4 Å². The van der Waals surface area contributed by atoms with E-state index in [2.05, 4.69) is 10.1 Å². The molecule has 0 saturated heterocycles. The highest BCUT2D eigenvalue weighted by Crippen LogP contribution is 2.23. The van der Waals surface area contributed by atoms with Crippen LogP contribution in [0.25, 0.3) is 0 Å². The highest BCUT2D eigenvalue weighted by molar-refractivity contribution is 6.34. The number of nitrogens with zero attached hydrogens (tertiary/aromatic N) is 1. The Morgan fingerprint density at radius 3 is 2.11 bits per heavy atom. The first-order chi connectivity index (χ1) is 12.9. The second-order valence-electron chi connectivity index (χ2n) is 5.70. The number of ether oxygens (including phenoxy) is 1. The summed E-state index contributed by atoms with van der Waals surface area (Å²) in [5, 5.41) is 2.99. The number of rotatable bonds is 6. The Balaban J connectivity index is 2.13. The van der Waals surface area contributed by atoms with E-state index >= 15 is 0 Å². The molecule has 0 aromatic heterocycles. The van der Waals surface area contributed by atoms with Crippen molar-refractivity contribution in [2.24, 2.45) is 0 Å². The number of carbonyl (C=O) groups excluding carboxylic acids is 3. The Morgan fingerprint density at radius 2 is 1.59 bits per heavy atom. The highest BCUT2D eigenvalue weighted by Gasteiger charge is 2.17. The summed E-state index contributed by atoms with van der Waals surface area (Å²) < 4.78 is 4.62. The highest BCUT2D eigenvalue weighted by atomic mass is 35.5. The molecular weight excluding hydrogens is 368 g/mol. The predicted molar refractivity (Wildman–Crippen MR) is 104 cm³/mol. The number of hydrogen-bond acceptors (Lipinski definition) is 4. The van der Waals surface area contributed by atoms with Crippen LogP contribution in [-0.4, -0.2) is 42.9 Å². The summed E-state index contributed by atoms with van der Waals surface area (Å²) in [4.78, 5) is 37.9. The molecule has 0 fully saturated rings. The average Bonchev–Trinajstić information content (AvgIpc) is 2.68. The fourth-order valence-electron chi connectivity index (χ4n) is 2.53. The molecular formula is C20H21ClN2O4. The average molecular weight is 389 g/mol. The SMILES string of the molecule is CCN(CC)C(=O)c1ccc(NC(=O)c2ccc(C(=O)OC)cc2)cc1Cl. The zero-order chi connectivity index (χ0) is 20.0. The van der Waals surface area contributed by atoms with E-state index in [4.69, 9.17) is 11.6 Å². The van der Waals surface area contributed by atoms with Crippen LogP contribution in [-0.2, 0) is 4.74 Å². The molecule has 6 nitrogen and oxygen atoms in total. The molecule has 27 heavy (non-hydrogen) atoms. The number of amides is 2. The van der Waals surface area contributed by atoms with Gasteiger partial charge in [0.2, 0.25) is 0 Å². The van der Waals surface area contributed by atoms with E-state index in [-0.39, 0.29) is 16.8 Å². The lowest BCUT2D eigenvalue weighted by atomic mass is 10.1. The lowest BCUT2D eigenvalue weighted by Crippen LogP contribution is -2.30. The van der Waals surface area contributed by atoms with Crippen LogP contribution in [0.15, 0.2) is 42.5 Å². The topological polar surface area (TPSA) is 75.7 Å². The molecule has 0 unspecified atom stereocenters. The van der Waals surface area contributed by atoms with Gasteiger partial charge in [-0.3, -0.25) is 9.59 Å². The van der Waals surface area contributed by atoms with E-state index in [1.54, 1.807) is 23.1 Å². The normalized spacial score (nSPS) is 10.2. The molecule has 0 bridgehead atoms. The van der Waals surface area contributed by atoms with Crippen LogP contribution in [0.3, 0.4) is 0 Å². The summed E-state index contributed by atoms with van der Waals surface area (Å²) in [5.74, 6) is -0.978. The maximum Gasteiger partial charge on any atom is 0.337 e. The first kappa shape index (κ1) is 20.5. The van der Waals surface area contributed by atoms with Crippen LogP contribution in [0.4, 0.5) is 5.69 Å². The zero-order valence-corrected chi connectivity index (χ0v) is 16.2. The smallest absolute Gasteiger partial charge is 0.337 e. The molecule has 2 aromatic rings. The molecule has 2 rings (SSSR count). The second-order valence-corrected chi connectivity index (χ2v) is 6.10. The Kier molecular flexibility index (Phi) is 6.96. The molecule has 0 aliphatic heterocycles. The second kappa shape index (κ2) is 9.19. The molecule has 0 saturated carbocycles. The van der Waals surface area contributed by atoms with E-state index < -0.39 is 5.97 Å². The molecule has 2 amide bonds. The van der Waals surface area contributed by atoms with Crippen molar-refractivity contribution < 1.29 is 19.1 Å². The minimum absolute atomic E-state index is 0.152. The van der Waals surface area contributed by atoms with Crippen LogP contribution < -0.4 is 5.32 Å². The number of methoxy groups -OCH3 is 1. The predicted octanol–water partition coefficient (Wildman–Crippen LogP) is 3.86. The third kappa shape index (κ3) is 4.86. The lowest BCUT2D eigenvalue weighted by molar-refractivity contribution is 0.0600. The zero-order valence-electron chi connectivity index (χ0n) is 15.4. The van der Waals surface area contributed by atoms with Crippen molar-refractivity contribution in [1.82, 2.24) is 4.90 Å². The Bertz CT molecular complexity index is 846. The molecule has 142 valence electrons. The van der Waals surface area contributed by atoms with Crippen molar-refractivity contribution >= 4 is 35.1 Å². The van der Waals surface area contributed by atoms with Gasteiger partial charge >= 0.3 is 5.97 Å². The van der Waals surface area contributed by atoms with Gasteiger partial charge in [0.15, 0.2) is 0 Å². The van der Waals surface area contributed by atoms with Gasteiger partial charge in [-0.15, -0.1) is 0 Å². The first-order valence-corrected chi connectivity index (χ1v) is 8.87. The van der Waals surface area contributed by atoms with Crippen molar-refractivity contribution in [2.45, 2.75) is 13.8 Å². The number of benzene rings is 2. The van der Waals surface area contributed by atoms with Crippen molar-refractivity contribution in [3.8, 4) is 0 Å². The maximum absolute atomic E-state index is 12.4. The standard InChI is InChI=1S/C20H21ClN2O4/c1-4-23(5-2)19(25)16-11-10-15(12-17(16)21)22-18(24)13-6-8-14(9-7-13)20(26)27-3/h6-12H,4-5H2,1-3H3,(H,22,24). The lowest BCUT2D eigenvalue weighted by Gasteiger charge is -2.19. The quantitative estimate of drug-likeness (QED) is 0.762. The summed E-state index contributed by atoms with van der Waals surface area (Å²) >= 11 is 6.23. The number of anilines is 1. The fourth-order valence-corrected chi connectivity index (χ4v) is 2.79. The Labute approximate surface area is 163 Å². The van der Waals surface area contributed by atoms with Crippen molar-refractivity contribution in [2.75, 3.05) is 25.5 Å². The molecule has 2 aromatic carbocycles. The minimum Gasteiger partial charge on any atom is -0.465 e. The van der Waals surface area contributed by atoms with Crippen molar-refractivity contribution in [3.63, 3.8) is 0 Å². The maximum atomic E-state index is 12.4. The third-order valence-corrected chi connectivity index (χ3v) is 4.39. The van der Waals surface area contributed by atoms with Crippen LogP contribution in [0.2, 0.25) is 5.02 Å². The molecule has 0 atom stereocenters. The minimum atomic E-state index is -0.470. The van der Waals surface area contributed by atoms with Gasteiger partial charge in [-0.05, 0) is 56.3 Å². The van der Waals surface area contributed by atoms with E-state index in [0.717, 1.165) is 0 Å². The van der Waals surface area contributed by atoms with E-state index in [0.29, 0.717) is 35.5 Å². The molecule has 0 spiro atoms. The van der Waals surface area contributed by atoms with Crippen LogP contribution in [0.5, 0.6) is 0 Å². The van der Waals surface area contributed by atoms with Crippen LogP contribution in [0, 0.1) is 0 Å². The van der Waals surface area contributed by atoms with Crippen LogP contribution >= 0.6 is 11.6 Å². The Hall–Kier alpha value is -2.86. The van der Waals surface area contributed by atoms with Gasteiger partial charge in [0, 0.05) is 24.3 Å². The number of esters is 1. The number of nitrogens with one attached hydrogen (secondary N) is 1. The molecule has 0 heterocycles. The molecule has 1 N–H and O–H groups in total. The number of carbonyl (C=O) groups is 3. The summed E-state index contributed by atoms with van der Waals surface area (Å²) in [7, 11) is 1.29. The van der Waals surface area contributed by atoms with E-state index in [1.807, 2.05) is 13.8 Å². The van der Waals surface area contributed by atoms with Crippen molar-refractivity contribution in [3.05, 3.63) is 64.2 Å². The largest absolute Gasteiger partial charge is 0.465 e. The van der Waals surface area contributed by atoms with Crippen molar-refractivity contribution in [1.29, 1.82) is 0 Å². The van der Waals surface area contributed by atoms with E-state index in [9.17, 15) is 14.4 Å². The Morgan fingerprint density at radius 1 is 1.00 bits per heavy atom. The monoisotopic (exact) mass is 388 g/mol. The summed E-state index contributed by atoms with van der Waals surface area (Å²) in [6.07, 6.45) is 0. The van der Waals surface area contributed by atoms with Gasteiger partial charge in [-0.25, -0.2) is 4.79 Å². The molecule has 0 aliphatic rings. The molecule has 0 aliphatic carbocycles. The third-order valence-electron chi connectivity index (χ3n) is 4.08.